The lowest BCUT2D eigenvalue weighted by atomic mass is 10.1. The largest absolute Gasteiger partial charge is 0.494 e. The molecular formula is C32H34F2N6O3. The molecule has 2 aromatic heterocycles. The number of aromatic nitrogens is 2. The van der Waals surface area contributed by atoms with Crippen molar-refractivity contribution in [2.75, 3.05) is 62.5 Å². The number of nitrogens with one attached hydrogen (secondary N) is 2. The lowest BCUT2D eigenvalue weighted by molar-refractivity contribution is -0.111. The molecule has 1 saturated heterocycles. The number of methoxy groups -OCH3 is 2. The molecule has 1 fully saturated rings. The van der Waals surface area contributed by atoms with Crippen LogP contribution in [0.3, 0.4) is 0 Å². The van der Waals surface area contributed by atoms with Crippen LogP contribution in [0.5, 0.6) is 11.5 Å². The third-order valence-corrected chi connectivity index (χ3v) is 7.63. The number of fused-ring (bicyclic) bond motifs is 1. The van der Waals surface area contributed by atoms with Crippen LogP contribution in [0.1, 0.15) is 12.5 Å². The summed E-state index contributed by atoms with van der Waals surface area (Å²) in [7, 11) is 2.59. The Hall–Kier alpha value is -4.77. The van der Waals surface area contributed by atoms with Crippen molar-refractivity contribution in [2.24, 2.45) is 0 Å². The van der Waals surface area contributed by atoms with Gasteiger partial charge in [0.15, 0.2) is 23.1 Å². The van der Waals surface area contributed by atoms with Gasteiger partial charge in [-0.2, -0.15) is 0 Å². The first-order valence-corrected chi connectivity index (χ1v) is 13.9. The van der Waals surface area contributed by atoms with E-state index >= 15 is 8.78 Å². The fraction of sp³-hybridized carbons (Fsp3) is 0.281. The summed E-state index contributed by atoms with van der Waals surface area (Å²) in [5.41, 5.74) is 2.96. The molecule has 5 rings (SSSR count). The van der Waals surface area contributed by atoms with Crippen molar-refractivity contribution in [3.8, 4) is 22.8 Å². The van der Waals surface area contributed by atoms with Crippen LogP contribution in [-0.4, -0.2) is 67.7 Å². The monoisotopic (exact) mass is 588 g/mol. The van der Waals surface area contributed by atoms with E-state index in [-0.39, 0.29) is 28.7 Å². The number of likely N-dealkylation sites (N-methyl/N-ethyl adjacent to an activating group) is 1. The van der Waals surface area contributed by atoms with Gasteiger partial charge in [-0.3, -0.25) is 9.78 Å². The molecule has 0 aliphatic carbocycles. The highest BCUT2D eigenvalue weighted by molar-refractivity contribution is 6.02. The first-order chi connectivity index (χ1) is 20.8. The summed E-state index contributed by atoms with van der Waals surface area (Å²) in [4.78, 5) is 25.9. The average molecular weight is 589 g/mol. The van der Waals surface area contributed by atoms with Gasteiger partial charge in [0.2, 0.25) is 5.91 Å². The Labute approximate surface area is 249 Å². The van der Waals surface area contributed by atoms with Gasteiger partial charge in [0, 0.05) is 61.1 Å². The normalized spacial score (nSPS) is 13.6. The van der Waals surface area contributed by atoms with Crippen LogP contribution in [-0.2, 0) is 4.79 Å². The van der Waals surface area contributed by atoms with E-state index < -0.39 is 11.6 Å². The number of anilines is 4. The molecule has 43 heavy (non-hydrogen) atoms. The Morgan fingerprint density at radius 2 is 1.63 bits per heavy atom. The Morgan fingerprint density at radius 1 is 0.977 bits per heavy atom. The van der Waals surface area contributed by atoms with Crippen molar-refractivity contribution in [1.82, 2.24) is 14.9 Å². The lowest BCUT2D eigenvalue weighted by Crippen LogP contribution is -2.46. The summed E-state index contributed by atoms with van der Waals surface area (Å²) in [5, 5.41) is 7.57. The van der Waals surface area contributed by atoms with Gasteiger partial charge in [0.1, 0.15) is 5.82 Å². The molecule has 0 spiro atoms. The molecule has 0 unspecified atom stereocenters. The second kappa shape index (κ2) is 12.6. The molecule has 1 aliphatic rings. The average Bonchev–Trinajstić information content (AvgIpc) is 3.02. The maximum atomic E-state index is 15.1. The summed E-state index contributed by atoms with van der Waals surface area (Å²) in [6.07, 6.45) is 4.34. The number of aryl methyl sites for hydroxylation is 1. The third-order valence-electron chi connectivity index (χ3n) is 7.63. The lowest BCUT2D eigenvalue weighted by Gasteiger charge is -2.36. The molecule has 1 amide bonds. The number of nitrogens with zero attached hydrogens (tertiary/aromatic N) is 4. The number of carbonyl (C=O) groups excluding carboxylic acids is 1. The fourth-order valence-electron chi connectivity index (χ4n) is 5.20. The highest BCUT2D eigenvalue weighted by atomic mass is 19.1. The number of benzene rings is 2. The molecule has 0 atom stereocenters. The van der Waals surface area contributed by atoms with E-state index in [1.165, 1.54) is 26.5 Å². The zero-order valence-corrected chi connectivity index (χ0v) is 24.6. The second-order valence-corrected chi connectivity index (χ2v) is 10.2. The minimum absolute atomic E-state index is 0.0721. The molecule has 224 valence electrons. The molecule has 2 aromatic carbocycles. The first-order valence-electron chi connectivity index (χ1n) is 13.9. The Balaban J connectivity index is 1.47. The second-order valence-electron chi connectivity index (χ2n) is 10.2. The molecule has 9 nitrogen and oxygen atoms in total. The highest BCUT2D eigenvalue weighted by Gasteiger charge is 2.23. The molecule has 11 heteroatoms. The van der Waals surface area contributed by atoms with E-state index in [4.69, 9.17) is 9.47 Å². The number of halogens is 2. The number of hydrogen-bond donors (Lipinski definition) is 2. The SMILES string of the molecule is C=CC(=O)Nc1cc(N2CCN(CC)CC2)cc(C)c1Nc1cc2cnc(-c3c(F)c(OC)cc(OC)c3F)cc2cn1. The smallest absolute Gasteiger partial charge is 0.247 e. The molecule has 4 aromatic rings. The zero-order valence-electron chi connectivity index (χ0n) is 24.6. The van der Waals surface area contributed by atoms with Crippen LogP contribution in [0, 0.1) is 18.6 Å². The molecule has 1 aliphatic heterocycles. The van der Waals surface area contributed by atoms with Gasteiger partial charge in [-0.25, -0.2) is 13.8 Å². The predicted molar refractivity (Wildman–Crippen MR) is 166 cm³/mol. The molecule has 3 heterocycles. The van der Waals surface area contributed by atoms with E-state index in [9.17, 15) is 4.79 Å². The predicted octanol–water partition coefficient (Wildman–Crippen LogP) is 5.91. The van der Waals surface area contributed by atoms with E-state index in [1.807, 2.05) is 13.0 Å². The van der Waals surface area contributed by atoms with Gasteiger partial charge in [-0.15, -0.1) is 0 Å². The first kappa shape index (κ1) is 29.7. The maximum Gasteiger partial charge on any atom is 0.247 e. The number of piperazine rings is 1. The number of pyridine rings is 2. The van der Waals surface area contributed by atoms with Gasteiger partial charge in [-0.1, -0.05) is 13.5 Å². The Kier molecular flexibility index (Phi) is 8.72. The van der Waals surface area contributed by atoms with Crippen LogP contribution < -0.4 is 25.0 Å². The van der Waals surface area contributed by atoms with Crippen molar-refractivity contribution in [1.29, 1.82) is 0 Å². The fourth-order valence-corrected chi connectivity index (χ4v) is 5.20. The van der Waals surface area contributed by atoms with E-state index in [1.54, 1.807) is 18.3 Å². The zero-order chi connectivity index (χ0) is 30.7. The van der Waals surface area contributed by atoms with Crippen LogP contribution in [0.2, 0.25) is 0 Å². The number of rotatable bonds is 9. The molecule has 0 saturated carbocycles. The topological polar surface area (TPSA) is 91.9 Å². The molecule has 2 N–H and O–H groups in total. The molecule has 0 radical (unpaired) electrons. The van der Waals surface area contributed by atoms with Crippen molar-refractivity contribution in [2.45, 2.75) is 13.8 Å². The van der Waals surface area contributed by atoms with Crippen molar-refractivity contribution in [3.63, 3.8) is 0 Å². The van der Waals surface area contributed by atoms with Crippen molar-refractivity contribution in [3.05, 3.63) is 72.6 Å². The Bertz CT molecular complexity index is 1660. The summed E-state index contributed by atoms with van der Waals surface area (Å²) in [6.45, 7) is 12.5. The maximum absolute atomic E-state index is 15.1. The van der Waals surface area contributed by atoms with Crippen molar-refractivity contribution >= 4 is 39.6 Å². The summed E-state index contributed by atoms with van der Waals surface area (Å²) < 4.78 is 40.3. The van der Waals surface area contributed by atoms with Crippen LogP contribution >= 0.6 is 0 Å². The van der Waals surface area contributed by atoms with E-state index in [0.717, 1.165) is 50.0 Å². The van der Waals surface area contributed by atoms with Gasteiger partial charge in [0.05, 0.1) is 36.9 Å². The van der Waals surface area contributed by atoms with Gasteiger partial charge in [0.25, 0.3) is 0 Å². The minimum atomic E-state index is -0.876. The number of ether oxygens (including phenoxy) is 2. The number of hydrogen-bond acceptors (Lipinski definition) is 8. The minimum Gasteiger partial charge on any atom is -0.494 e. The highest BCUT2D eigenvalue weighted by Crippen LogP contribution is 2.38. The van der Waals surface area contributed by atoms with Gasteiger partial charge in [-0.05, 0) is 49.4 Å². The summed E-state index contributed by atoms with van der Waals surface area (Å²) >= 11 is 0. The van der Waals surface area contributed by atoms with Crippen LogP contribution in [0.15, 0.2) is 55.4 Å². The van der Waals surface area contributed by atoms with Crippen molar-refractivity contribution < 1.29 is 23.0 Å². The number of amides is 1. The van der Waals surface area contributed by atoms with Crippen LogP contribution in [0.25, 0.3) is 22.0 Å². The molecular weight excluding hydrogens is 554 g/mol. The summed E-state index contributed by atoms with van der Waals surface area (Å²) in [6, 6.07) is 8.54. The van der Waals surface area contributed by atoms with E-state index in [2.05, 4.69) is 50.0 Å². The summed E-state index contributed by atoms with van der Waals surface area (Å²) in [5.74, 6) is -1.89. The standard InChI is InChI=1S/C32H34F2N6O3/c1-6-28(41)37-24-15-22(40-10-8-39(7-2)9-11-40)12-19(3)32(24)38-27-14-21-17-35-23(13-20(21)18-36-27)29-30(33)25(42-4)16-26(43-5)31(29)34/h6,12-18H,1,7-11H2,2-5H3,(H,36,38)(H,37,41). The Morgan fingerprint density at radius 3 is 2.26 bits per heavy atom. The van der Waals surface area contributed by atoms with Gasteiger partial charge < -0.3 is 29.9 Å². The molecule has 0 bridgehead atoms. The third kappa shape index (κ3) is 6.07. The van der Waals surface area contributed by atoms with Crippen LogP contribution in [0.4, 0.5) is 31.7 Å². The quantitative estimate of drug-likeness (QED) is 0.233. The number of carbonyl (C=O) groups is 1. The van der Waals surface area contributed by atoms with Gasteiger partial charge >= 0.3 is 0 Å². The van der Waals surface area contributed by atoms with E-state index in [0.29, 0.717) is 28.0 Å².